The van der Waals surface area contributed by atoms with Crippen LogP contribution in [0.2, 0.25) is 0 Å². The van der Waals surface area contributed by atoms with Crippen LogP contribution in [0.3, 0.4) is 0 Å². The molecular formula is C15H15N3O2S. The third-order valence-corrected chi connectivity index (χ3v) is 4.63. The van der Waals surface area contributed by atoms with Crippen LogP contribution in [-0.4, -0.2) is 8.42 Å². The molecule has 0 aliphatic carbocycles. The fourth-order valence-corrected chi connectivity index (χ4v) is 3.32. The van der Waals surface area contributed by atoms with Gasteiger partial charge >= 0.3 is 0 Å². The Kier molecular flexibility index (Phi) is 3.87. The lowest BCUT2D eigenvalue weighted by molar-refractivity contribution is 0.600. The molecule has 0 radical (unpaired) electrons. The highest BCUT2D eigenvalue weighted by molar-refractivity contribution is 7.92. The number of nitriles is 1. The van der Waals surface area contributed by atoms with Crippen molar-refractivity contribution in [1.29, 1.82) is 5.26 Å². The fraction of sp³-hybridized carbons (Fsp3) is 0.133. The van der Waals surface area contributed by atoms with Gasteiger partial charge in [0.15, 0.2) is 0 Å². The predicted molar refractivity (Wildman–Crippen MR) is 82.3 cm³/mol. The van der Waals surface area contributed by atoms with Gasteiger partial charge in [-0.2, -0.15) is 5.26 Å². The van der Waals surface area contributed by atoms with E-state index >= 15 is 0 Å². The summed E-state index contributed by atoms with van der Waals surface area (Å²) in [6.07, 6.45) is 0. The van der Waals surface area contributed by atoms with Gasteiger partial charge in [0.2, 0.25) is 0 Å². The maximum Gasteiger partial charge on any atom is 0.262 e. The summed E-state index contributed by atoms with van der Waals surface area (Å²) in [5.74, 6) is 0. The first-order valence-electron chi connectivity index (χ1n) is 6.23. The summed E-state index contributed by atoms with van der Waals surface area (Å²) in [6.45, 7) is 3.45. The summed E-state index contributed by atoms with van der Waals surface area (Å²) >= 11 is 0. The molecule has 0 heterocycles. The van der Waals surface area contributed by atoms with E-state index < -0.39 is 10.0 Å². The second kappa shape index (κ2) is 5.46. The number of sulfonamides is 1. The van der Waals surface area contributed by atoms with Crippen molar-refractivity contribution in [1.82, 2.24) is 0 Å². The molecule has 0 saturated carbocycles. The quantitative estimate of drug-likeness (QED) is 0.851. The maximum absolute atomic E-state index is 12.5. The van der Waals surface area contributed by atoms with Crippen molar-refractivity contribution in [2.45, 2.75) is 18.7 Å². The van der Waals surface area contributed by atoms with Crippen LogP contribution in [0.15, 0.2) is 41.3 Å². The molecule has 0 bridgehead atoms. The summed E-state index contributed by atoms with van der Waals surface area (Å²) < 4.78 is 27.4. The number of nitrogens with two attached hydrogens (primary N) is 1. The SMILES string of the molecule is Cc1ccc(N)cc1NS(=O)(=O)c1ccc(C#N)cc1C. The van der Waals surface area contributed by atoms with E-state index in [0.717, 1.165) is 5.56 Å². The summed E-state index contributed by atoms with van der Waals surface area (Å²) in [7, 11) is -3.72. The molecule has 2 rings (SSSR count). The average molecular weight is 301 g/mol. The second-order valence-corrected chi connectivity index (χ2v) is 6.42. The van der Waals surface area contributed by atoms with Crippen molar-refractivity contribution in [3.63, 3.8) is 0 Å². The monoisotopic (exact) mass is 301 g/mol. The van der Waals surface area contributed by atoms with Gasteiger partial charge in [-0.3, -0.25) is 4.72 Å². The Hall–Kier alpha value is -2.52. The summed E-state index contributed by atoms with van der Waals surface area (Å²) in [6, 6.07) is 11.5. The maximum atomic E-state index is 12.5. The Bertz CT molecular complexity index is 836. The third kappa shape index (κ3) is 3.15. The molecule has 0 atom stereocenters. The number of hydrogen-bond acceptors (Lipinski definition) is 4. The van der Waals surface area contributed by atoms with E-state index in [-0.39, 0.29) is 4.90 Å². The topological polar surface area (TPSA) is 96.0 Å². The lowest BCUT2D eigenvalue weighted by Crippen LogP contribution is -2.15. The number of nitrogens with one attached hydrogen (secondary N) is 1. The Balaban J connectivity index is 2.44. The first-order valence-corrected chi connectivity index (χ1v) is 7.71. The van der Waals surface area contributed by atoms with Crippen LogP contribution in [0.4, 0.5) is 11.4 Å². The molecule has 0 spiro atoms. The smallest absolute Gasteiger partial charge is 0.262 e. The van der Waals surface area contributed by atoms with Crippen LogP contribution in [0.1, 0.15) is 16.7 Å². The van der Waals surface area contributed by atoms with Crippen LogP contribution >= 0.6 is 0 Å². The molecule has 108 valence electrons. The summed E-state index contributed by atoms with van der Waals surface area (Å²) in [5.41, 5.74) is 8.32. The number of benzene rings is 2. The van der Waals surface area contributed by atoms with Crippen molar-refractivity contribution in [2.75, 3.05) is 10.5 Å². The zero-order valence-corrected chi connectivity index (χ0v) is 12.5. The van der Waals surface area contributed by atoms with Gasteiger partial charge in [0.25, 0.3) is 10.0 Å². The molecule has 21 heavy (non-hydrogen) atoms. The summed E-state index contributed by atoms with van der Waals surface area (Å²) in [5, 5.41) is 8.83. The Morgan fingerprint density at radius 1 is 1.10 bits per heavy atom. The van der Waals surface area contributed by atoms with Gasteiger partial charge in [-0.15, -0.1) is 0 Å². The van der Waals surface area contributed by atoms with E-state index in [9.17, 15) is 8.42 Å². The number of aryl methyl sites for hydroxylation is 2. The number of nitrogens with zero attached hydrogens (tertiary/aromatic N) is 1. The van der Waals surface area contributed by atoms with Gasteiger partial charge in [-0.05, 0) is 55.3 Å². The van der Waals surface area contributed by atoms with Crippen molar-refractivity contribution in [2.24, 2.45) is 0 Å². The van der Waals surface area contributed by atoms with E-state index in [1.165, 1.54) is 12.1 Å². The fourth-order valence-electron chi connectivity index (χ4n) is 1.97. The van der Waals surface area contributed by atoms with Crippen molar-refractivity contribution >= 4 is 21.4 Å². The molecule has 2 aromatic rings. The van der Waals surface area contributed by atoms with Gasteiger partial charge < -0.3 is 5.73 Å². The molecule has 0 aromatic heterocycles. The van der Waals surface area contributed by atoms with E-state index in [4.69, 9.17) is 11.0 Å². The molecule has 5 nitrogen and oxygen atoms in total. The number of anilines is 2. The van der Waals surface area contributed by atoms with Crippen LogP contribution in [0.25, 0.3) is 0 Å². The number of nitrogen functional groups attached to an aromatic ring is 1. The molecule has 0 aliphatic heterocycles. The molecule has 6 heteroatoms. The number of rotatable bonds is 3. The van der Waals surface area contributed by atoms with Crippen LogP contribution in [0.5, 0.6) is 0 Å². The van der Waals surface area contributed by atoms with Crippen molar-refractivity contribution in [3.05, 3.63) is 53.1 Å². The highest BCUT2D eigenvalue weighted by Gasteiger charge is 2.18. The molecule has 0 amide bonds. The van der Waals surface area contributed by atoms with E-state index in [1.807, 2.05) is 6.07 Å². The van der Waals surface area contributed by atoms with E-state index in [2.05, 4.69) is 4.72 Å². The van der Waals surface area contributed by atoms with Gasteiger partial charge in [0.05, 0.1) is 22.2 Å². The largest absolute Gasteiger partial charge is 0.399 e. The molecule has 0 fully saturated rings. The zero-order chi connectivity index (χ0) is 15.6. The number of hydrogen-bond donors (Lipinski definition) is 2. The molecule has 0 aliphatic rings. The zero-order valence-electron chi connectivity index (χ0n) is 11.7. The minimum absolute atomic E-state index is 0.142. The predicted octanol–water partition coefficient (Wildman–Crippen LogP) is 2.56. The molecular weight excluding hydrogens is 286 g/mol. The summed E-state index contributed by atoms with van der Waals surface area (Å²) in [4.78, 5) is 0.142. The third-order valence-electron chi connectivity index (χ3n) is 3.10. The van der Waals surface area contributed by atoms with E-state index in [0.29, 0.717) is 22.5 Å². The highest BCUT2D eigenvalue weighted by Crippen LogP contribution is 2.24. The van der Waals surface area contributed by atoms with Gasteiger partial charge in [0.1, 0.15) is 0 Å². The standard InChI is InChI=1S/C15H15N3O2S/c1-10-3-5-13(17)8-14(10)18-21(19,20)15-6-4-12(9-16)7-11(15)2/h3-8,18H,17H2,1-2H3. The average Bonchev–Trinajstić information content (AvgIpc) is 2.42. The van der Waals surface area contributed by atoms with Crippen molar-refractivity contribution in [3.8, 4) is 6.07 Å². The van der Waals surface area contributed by atoms with Gasteiger partial charge in [0, 0.05) is 5.69 Å². The molecule has 3 N–H and O–H groups in total. The Morgan fingerprint density at radius 2 is 1.81 bits per heavy atom. The minimum atomic E-state index is -3.72. The normalized spacial score (nSPS) is 10.9. The Labute approximate surface area is 124 Å². The molecule has 0 saturated heterocycles. The van der Waals surface area contributed by atoms with Crippen LogP contribution in [-0.2, 0) is 10.0 Å². The van der Waals surface area contributed by atoms with Crippen LogP contribution < -0.4 is 10.5 Å². The first kappa shape index (κ1) is 14.9. The van der Waals surface area contributed by atoms with E-state index in [1.54, 1.807) is 38.1 Å². The van der Waals surface area contributed by atoms with Crippen molar-refractivity contribution < 1.29 is 8.42 Å². The van der Waals surface area contributed by atoms with Gasteiger partial charge in [-0.1, -0.05) is 6.07 Å². The minimum Gasteiger partial charge on any atom is -0.399 e. The van der Waals surface area contributed by atoms with Gasteiger partial charge in [-0.25, -0.2) is 8.42 Å². The molecule has 0 unspecified atom stereocenters. The van der Waals surface area contributed by atoms with Crippen LogP contribution in [0, 0.1) is 25.2 Å². The highest BCUT2D eigenvalue weighted by atomic mass is 32.2. The second-order valence-electron chi connectivity index (χ2n) is 4.77. The lowest BCUT2D eigenvalue weighted by atomic mass is 10.2. The Morgan fingerprint density at radius 3 is 2.43 bits per heavy atom. The first-order chi connectivity index (χ1) is 9.83. The molecule has 2 aromatic carbocycles. The lowest BCUT2D eigenvalue weighted by Gasteiger charge is -2.13.